The van der Waals surface area contributed by atoms with Gasteiger partial charge in [0.1, 0.15) is 0 Å². The highest BCUT2D eigenvalue weighted by atomic mass is 32.2. The number of benzene rings is 2. The third-order valence-corrected chi connectivity index (χ3v) is 8.14. The molecule has 9 heteroatoms. The second-order valence-electron chi connectivity index (χ2n) is 9.95. The topological polar surface area (TPSA) is 42.0 Å². The van der Waals surface area contributed by atoms with Gasteiger partial charge in [0.15, 0.2) is 6.29 Å². The molecule has 4 rings (SSSR count). The van der Waals surface area contributed by atoms with Crippen LogP contribution in [0.1, 0.15) is 64.4 Å². The summed E-state index contributed by atoms with van der Waals surface area (Å²) in [5.74, 6) is -0.204. The predicted octanol–water partition coefficient (Wildman–Crippen LogP) is 7.65. The molecule has 0 radical (unpaired) electrons. The lowest BCUT2D eigenvalue weighted by molar-refractivity contribution is -0.188. The monoisotopic (exact) mass is 550 g/mol. The SMILES string of the molecule is CCCCCC(=O)OC(C)OC1CCN(CCCN2c3ccccc3Sc3ccc(C(F)(F)F)cc32)CC1. The summed E-state index contributed by atoms with van der Waals surface area (Å²) >= 11 is 1.52. The maximum absolute atomic E-state index is 13.4. The number of hydrogen-bond donors (Lipinski definition) is 0. The van der Waals surface area contributed by atoms with Crippen LogP contribution in [-0.4, -0.2) is 49.4 Å². The zero-order valence-corrected chi connectivity index (χ0v) is 23.0. The number of rotatable bonds is 11. The Kier molecular flexibility index (Phi) is 10.0. The van der Waals surface area contributed by atoms with E-state index >= 15 is 0 Å². The van der Waals surface area contributed by atoms with Gasteiger partial charge in [0, 0.05) is 35.8 Å². The van der Waals surface area contributed by atoms with E-state index in [1.165, 1.54) is 23.9 Å². The first-order valence-electron chi connectivity index (χ1n) is 13.6. The molecule has 0 amide bonds. The van der Waals surface area contributed by atoms with Crippen molar-refractivity contribution in [3.63, 3.8) is 0 Å². The highest BCUT2D eigenvalue weighted by Gasteiger charge is 2.33. The number of alkyl halides is 3. The minimum Gasteiger partial charge on any atom is -0.436 e. The lowest BCUT2D eigenvalue weighted by Crippen LogP contribution is -2.40. The van der Waals surface area contributed by atoms with Crippen molar-refractivity contribution in [1.29, 1.82) is 0 Å². The van der Waals surface area contributed by atoms with Gasteiger partial charge in [-0.2, -0.15) is 13.2 Å². The van der Waals surface area contributed by atoms with E-state index in [0.29, 0.717) is 18.7 Å². The molecular weight excluding hydrogens is 513 g/mol. The van der Waals surface area contributed by atoms with E-state index in [2.05, 4.69) is 11.8 Å². The molecule has 5 nitrogen and oxygen atoms in total. The Morgan fingerprint density at radius 2 is 1.76 bits per heavy atom. The molecule has 0 aromatic heterocycles. The van der Waals surface area contributed by atoms with E-state index in [0.717, 1.165) is 73.6 Å². The number of nitrogens with zero attached hydrogens (tertiary/aromatic N) is 2. The average Bonchev–Trinajstić information content (AvgIpc) is 2.88. The highest BCUT2D eigenvalue weighted by Crippen LogP contribution is 2.49. The largest absolute Gasteiger partial charge is 0.436 e. The first-order chi connectivity index (χ1) is 18.2. The van der Waals surface area contributed by atoms with Gasteiger partial charge in [-0.25, -0.2) is 0 Å². The van der Waals surface area contributed by atoms with Crippen LogP contribution in [0.15, 0.2) is 52.3 Å². The lowest BCUT2D eigenvalue weighted by atomic mass is 10.1. The van der Waals surface area contributed by atoms with Crippen molar-refractivity contribution in [2.24, 2.45) is 0 Å². The number of para-hydroxylation sites is 1. The fourth-order valence-electron chi connectivity index (χ4n) is 5.03. The summed E-state index contributed by atoms with van der Waals surface area (Å²) in [4.78, 5) is 18.2. The van der Waals surface area contributed by atoms with Gasteiger partial charge in [-0.15, -0.1) is 0 Å². The molecule has 1 atom stereocenters. The van der Waals surface area contributed by atoms with Gasteiger partial charge in [0.05, 0.1) is 23.0 Å². The summed E-state index contributed by atoms with van der Waals surface area (Å²) in [6.45, 7) is 7.12. The number of likely N-dealkylation sites (tertiary alicyclic amines) is 1. The minimum atomic E-state index is -4.38. The Morgan fingerprint density at radius 1 is 1.03 bits per heavy atom. The molecule has 0 bridgehead atoms. The van der Waals surface area contributed by atoms with Crippen molar-refractivity contribution >= 4 is 29.1 Å². The summed E-state index contributed by atoms with van der Waals surface area (Å²) in [5.41, 5.74) is 0.952. The number of esters is 1. The molecule has 2 aliphatic rings. The molecule has 0 N–H and O–H groups in total. The molecule has 0 saturated carbocycles. The van der Waals surface area contributed by atoms with Gasteiger partial charge in [0.25, 0.3) is 0 Å². The summed E-state index contributed by atoms with van der Waals surface area (Å²) in [5, 5.41) is 0. The van der Waals surface area contributed by atoms with Gasteiger partial charge in [-0.05, 0) is 69.5 Å². The summed E-state index contributed by atoms with van der Waals surface area (Å²) in [6, 6.07) is 11.9. The van der Waals surface area contributed by atoms with Gasteiger partial charge < -0.3 is 19.3 Å². The molecule has 38 heavy (non-hydrogen) atoms. The lowest BCUT2D eigenvalue weighted by Gasteiger charge is -2.35. The molecule has 2 aromatic rings. The van der Waals surface area contributed by atoms with E-state index in [1.54, 1.807) is 13.0 Å². The average molecular weight is 551 g/mol. The van der Waals surface area contributed by atoms with Gasteiger partial charge in [-0.1, -0.05) is 43.7 Å². The first kappa shape index (κ1) is 28.8. The van der Waals surface area contributed by atoms with Crippen LogP contribution in [0.4, 0.5) is 24.5 Å². The van der Waals surface area contributed by atoms with Gasteiger partial charge in [-0.3, -0.25) is 4.79 Å². The van der Waals surface area contributed by atoms with Crippen LogP contribution < -0.4 is 4.90 Å². The van der Waals surface area contributed by atoms with Crippen LogP contribution in [0.2, 0.25) is 0 Å². The number of carbonyl (C=O) groups is 1. The maximum atomic E-state index is 13.4. The number of hydrogen-bond acceptors (Lipinski definition) is 6. The van der Waals surface area contributed by atoms with E-state index in [9.17, 15) is 18.0 Å². The van der Waals surface area contributed by atoms with Crippen molar-refractivity contribution in [2.45, 2.75) is 87.2 Å². The molecule has 2 aromatic carbocycles. The van der Waals surface area contributed by atoms with Crippen molar-refractivity contribution in [2.75, 3.05) is 31.1 Å². The number of carbonyl (C=O) groups excluding carboxylic acids is 1. The second-order valence-corrected chi connectivity index (χ2v) is 11.0. The summed E-state index contributed by atoms with van der Waals surface area (Å²) in [7, 11) is 0. The Morgan fingerprint density at radius 3 is 2.50 bits per heavy atom. The second kappa shape index (κ2) is 13.2. The number of ether oxygens (including phenoxy) is 2. The quantitative estimate of drug-likeness (QED) is 0.163. The molecule has 2 heterocycles. The number of anilines is 2. The van der Waals surface area contributed by atoms with E-state index in [1.807, 2.05) is 29.2 Å². The fourth-order valence-corrected chi connectivity index (χ4v) is 6.11. The molecular formula is C29H37F3N2O3S. The summed E-state index contributed by atoms with van der Waals surface area (Å²) in [6.07, 6.45) is 1.05. The Bertz CT molecular complexity index is 1070. The summed E-state index contributed by atoms with van der Waals surface area (Å²) < 4.78 is 51.7. The molecule has 1 fully saturated rings. The van der Waals surface area contributed by atoms with Crippen LogP contribution in [0.5, 0.6) is 0 Å². The first-order valence-corrected chi connectivity index (χ1v) is 14.4. The van der Waals surface area contributed by atoms with E-state index in [4.69, 9.17) is 9.47 Å². The maximum Gasteiger partial charge on any atom is 0.416 e. The molecule has 0 aliphatic carbocycles. The van der Waals surface area contributed by atoms with Crippen LogP contribution in [0.25, 0.3) is 0 Å². The number of fused-ring (bicyclic) bond motifs is 2. The van der Waals surface area contributed by atoms with Crippen molar-refractivity contribution in [3.8, 4) is 0 Å². The fraction of sp³-hybridized carbons (Fsp3) is 0.552. The standard InChI is InChI=1S/C29H37F3N2O3S/c1-3-4-5-11-28(35)37-21(2)36-23-14-18-33(19-15-23)16-8-17-34-24-9-6-7-10-26(24)38-27-13-12-22(20-25(27)34)29(30,31)32/h6-7,9-10,12-13,20-21,23H,3-5,8,11,14-19H2,1-2H3. The molecule has 0 spiro atoms. The molecule has 1 unspecified atom stereocenters. The number of halogens is 3. The van der Waals surface area contributed by atoms with E-state index in [-0.39, 0.29) is 12.1 Å². The Balaban J connectivity index is 1.27. The van der Waals surface area contributed by atoms with Crippen molar-refractivity contribution in [3.05, 3.63) is 48.0 Å². The molecule has 208 valence electrons. The van der Waals surface area contributed by atoms with Gasteiger partial charge in [0.2, 0.25) is 0 Å². The van der Waals surface area contributed by atoms with Crippen LogP contribution in [0, 0.1) is 0 Å². The minimum absolute atomic E-state index is 0.0587. The normalized spacial score (nSPS) is 17.1. The zero-order valence-electron chi connectivity index (χ0n) is 22.1. The number of piperidine rings is 1. The zero-order chi connectivity index (χ0) is 27.1. The molecule has 1 saturated heterocycles. The van der Waals surface area contributed by atoms with Gasteiger partial charge >= 0.3 is 12.1 Å². The van der Waals surface area contributed by atoms with Crippen LogP contribution >= 0.6 is 11.8 Å². The van der Waals surface area contributed by atoms with E-state index < -0.39 is 18.0 Å². The molecule has 2 aliphatic heterocycles. The Hall–Kier alpha value is -2.23. The van der Waals surface area contributed by atoms with Crippen molar-refractivity contribution < 1.29 is 27.4 Å². The Labute approximate surface area is 227 Å². The van der Waals surface area contributed by atoms with Crippen LogP contribution in [0.3, 0.4) is 0 Å². The van der Waals surface area contributed by atoms with Crippen molar-refractivity contribution in [1.82, 2.24) is 4.90 Å². The number of unbranched alkanes of at least 4 members (excludes halogenated alkanes) is 2. The van der Waals surface area contributed by atoms with Crippen LogP contribution in [-0.2, 0) is 20.4 Å². The third kappa shape index (κ3) is 7.67. The highest BCUT2D eigenvalue weighted by molar-refractivity contribution is 7.99. The predicted molar refractivity (Wildman–Crippen MR) is 144 cm³/mol. The smallest absolute Gasteiger partial charge is 0.416 e. The third-order valence-electron chi connectivity index (χ3n) is 7.01.